The van der Waals surface area contributed by atoms with Crippen LogP contribution in [0.2, 0.25) is 0 Å². The van der Waals surface area contributed by atoms with Crippen LogP contribution in [0.3, 0.4) is 0 Å². The van der Waals surface area contributed by atoms with Gasteiger partial charge < -0.3 is 6.92 Å². The van der Waals surface area contributed by atoms with E-state index in [2.05, 4.69) is 34.6 Å². The van der Waals surface area contributed by atoms with Crippen LogP contribution in [-0.2, 0) is 0 Å². The maximum absolute atomic E-state index is 3.92. The van der Waals surface area contributed by atoms with Gasteiger partial charge >= 0.3 is 18.9 Å². The van der Waals surface area contributed by atoms with Crippen molar-refractivity contribution in [3.8, 4) is 0 Å². The van der Waals surface area contributed by atoms with Gasteiger partial charge in [0, 0.05) is 4.75 Å². The smallest absolute Gasteiger partial charge is 0.340 e. The molecule has 0 rings (SSSR count). The molecule has 56 valence electrons. The average molecular weight is 152 g/mol. The van der Waals surface area contributed by atoms with Crippen molar-refractivity contribution in [2.45, 2.75) is 32.4 Å². The Balaban J connectivity index is 0. The number of hydrogen-bond acceptors (Lipinski definition) is 1. The molecule has 0 aliphatic carbocycles. The first-order valence-electron chi connectivity index (χ1n) is 3.39. The molecule has 0 aromatic rings. The molecule has 0 spiro atoms. The standard InChI is InChI=1S/C8H17S.Li/c1-7(2)6-9-8(3,4)5;/h7H,1,6H2,2-5H3;/q-1;+1. The van der Waals surface area contributed by atoms with Crippen LogP contribution in [0, 0.1) is 12.8 Å². The van der Waals surface area contributed by atoms with Crippen molar-refractivity contribution >= 4 is 11.8 Å². The largest absolute Gasteiger partial charge is 1.00 e. The summed E-state index contributed by atoms with van der Waals surface area (Å²) in [7, 11) is 0. The van der Waals surface area contributed by atoms with Crippen molar-refractivity contribution in [2.24, 2.45) is 5.92 Å². The van der Waals surface area contributed by atoms with E-state index >= 15 is 0 Å². The minimum atomic E-state index is 0. The monoisotopic (exact) mass is 152 g/mol. The Morgan fingerprint density at radius 3 is 1.90 bits per heavy atom. The Hall–Kier alpha value is 0.947. The van der Waals surface area contributed by atoms with Crippen molar-refractivity contribution in [1.82, 2.24) is 0 Å². The molecule has 0 amide bonds. The molecule has 0 radical (unpaired) electrons. The van der Waals surface area contributed by atoms with E-state index < -0.39 is 0 Å². The van der Waals surface area contributed by atoms with Gasteiger partial charge in [-0.05, 0) is 5.75 Å². The fraction of sp³-hybridized carbons (Fsp3) is 0.875. The summed E-state index contributed by atoms with van der Waals surface area (Å²) in [5.41, 5.74) is 0. The summed E-state index contributed by atoms with van der Waals surface area (Å²) in [4.78, 5) is 0. The van der Waals surface area contributed by atoms with Gasteiger partial charge in [-0.15, -0.1) is 0 Å². The zero-order valence-electron chi connectivity index (χ0n) is 7.90. The SMILES string of the molecule is [CH2-]C(C)CSC(C)(C)C.[Li+]. The van der Waals surface area contributed by atoms with Crippen molar-refractivity contribution in [2.75, 3.05) is 5.75 Å². The van der Waals surface area contributed by atoms with E-state index in [4.69, 9.17) is 0 Å². The molecular weight excluding hydrogens is 135 g/mol. The molecule has 0 aromatic heterocycles. The average Bonchev–Trinajstić information content (AvgIpc) is 1.59. The maximum atomic E-state index is 3.92. The van der Waals surface area contributed by atoms with Gasteiger partial charge in [0.15, 0.2) is 0 Å². The zero-order valence-corrected chi connectivity index (χ0v) is 8.72. The third-order valence-electron chi connectivity index (χ3n) is 0.801. The predicted molar refractivity (Wildman–Crippen MR) is 46.7 cm³/mol. The molecule has 0 saturated carbocycles. The van der Waals surface area contributed by atoms with Gasteiger partial charge in [0.25, 0.3) is 0 Å². The van der Waals surface area contributed by atoms with Crippen LogP contribution < -0.4 is 18.9 Å². The van der Waals surface area contributed by atoms with Crippen LogP contribution in [0.25, 0.3) is 0 Å². The van der Waals surface area contributed by atoms with Gasteiger partial charge in [-0.25, -0.2) is 0 Å². The van der Waals surface area contributed by atoms with E-state index in [0.29, 0.717) is 10.7 Å². The van der Waals surface area contributed by atoms with Gasteiger partial charge in [-0.3, -0.25) is 0 Å². The summed E-state index contributed by atoms with van der Waals surface area (Å²) in [6, 6.07) is 0. The van der Waals surface area contributed by atoms with Gasteiger partial charge in [0.1, 0.15) is 0 Å². The van der Waals surface area contributed by atoms with E-state index in [1.165, 1.54) is 5.75 Å². The topological polar surface area (TPSA) is 0 Å². The molecule has 0 aliphatic heterocycles. The second-order valence-electron chi connectivity index (χ2n) is 3.53. The number of rotatable bonds is 2. The molecule has 0 aliphatic rings. The van der Waals surface area contributed by atoms with Crippen LogP contribution in [0.5, 0.6) is 0 Å². The van der Waals surface area contributed by atoms with Crippen molar-refractivity contribution < 1.29 is 18.9 Å². The van der Waals surface area contributed by atoms with Crippen LogP contribution in [0.1, 0.15) is 27.7 Å². The summed E-state index contributed by atoms with van der Waals surface area (Å²) < 4.78 is 0.409. The molecule has 0 heterocycles. The van der Waals surface area contributed by atoms with E-state index in [1.807, 2.05) is 11.8 Å². The Bertz CT molecular complexity index is 73.8. The van der Waals surface area contributed by atoms with E-state index in [-0.39, 0.29) is 18.9 Å². The Morgan fingerprint density at radius 2 is 1.80 bits per heavy atom. The minimum absolute atomic E-state index is 0. The molecule has 0 bridgehead atoms. The molecular formula is C8H17LiS. The Labute approximate surface area is 81.7 Å². The van der Waals surface area contributed by atoms with Crippen LogP contribution in [0.15, 0.2) is 0 Å². The summed E-state index contributed by atoms with van der Waals surface area (Å²) in [6.07, 6.45) is 0. The number of thioether (sulfide) groups is 1. The molecule has 0 N–H and O–H groups in total. The van der Waals surface area contributed by atoms with Crippen LogP contribution >= 0.6 is 11.8 Å². The summed E-state index contributed by atoms with van der Waals surface area (Å²) in [6.45, 7) is 12.8. The maximum Gasteiger partial charge on any atom is 1.00 e. The molecule has 1 atom stereocenters. The zero-order chi connectivity index (χ0) is 7.49. The first kappa shape index (κ1) is 13.5. The molecule has 0 fully saturated rings. The fourth-order valence-corrected chi connectivity index (χ4v) is 1.18. The first-order chi connectivity index (χ1) is 3.92. The summed E-state index contributed by atoms with van der Waals surface area (Å²) >= 11 is 1.98. The first-order valence-corrected chi connectivity index (χ1v) is 4.37. The normalized spacial score (nSPS) is 14.1. The predicted octanol–water partition coefficient (Wildman–Crippen LogP) is -0.00771. The van der Waals surface area contributed by atoms with Gasteiger partial charge in [-0.1, -0.05) is 27.7 Å². The summed E-state index contributed by atoms with van der Waals surface area (Å²) in [5, 5.41) is 0. The van der Waals surface area contributed by atoms with Gasteiger partial charge in [0.2, 0.25) is 0 Å². The van der Waals surface area contributed by atoms with Crippen molar-refractivity contribution in [1.29, 1.82) is 0 Å². The van der Waals surface area contributed by atoms with Crippen LogP contribution in [-0.4, -0.2) is 10.5 Å². The van der Waals surface area contributed by atoms with E-state index in [0.717, 1.165) is 0 Å². The number of hydrogen-bond donors (Lipinski definition) is 0. The second kappa shape index (κ2) is 5.58. The summed E-state index contributed by atoms with van der Waals surface area (Å²) in [5.74, 6) is 1.75. The molecule has 10 heavy (non-hydrogen) atoms. The van der Waals surface area contributed by atoms with E-state index in [1.54, 1.807) is 0 Å². The van der Waals surface area contributed by atoms with Crippen molar-refractivity contribution in [3.63, 3.8) is 0 Å². The molecule has 1 unspecified atom stereocenters. The third-order valence-corrected chi connectivity index (χ3v) is 2.40. The van der Waals surface area contributed by atoms with Crippen LogP contribution in [0.4, 0.5) is 0 Å². The third kappa shape index (κ3) is 11.7. The second-order valence-corrected chi connectivity index (χ2v) is 5.38. The molecule has 0 saturated heterocycles. The Kier molecular flexibility index (Phi) is 7.55. The fourth-order valence-electron chi connectivity index (χ4n) is 0.392. The molecule has 2 heteroatoms. The van der Waals surface area contributed by atoms with E-state index in [9.17, 15) is 0 Å². The van der Waals surface area contributed by atoms with Gasteiger partial charge in [-0.2, -0.15) is 17.7 Å². The van der Waals surface area contributed by atoms with Crippen molar-refractivity contribution in [3.05, 3.63) is 6.92 Å². The Morgan fingerprint density at radius 1 is 1.40 bits per heavy atom. The minimum Gasteiger partial charge on any atom is -0.340 e. The molecule has 0 nitrogen and oxygen atoms in total. The molecule has 0 aromatic carbocycles. The van der Waals surface area contributed by atoms with Gasteiger partial charge in [0.05, 0.1) is 0 Å². The quantitative estimate of drug-likeness (QED) is 0.396.